The zero-order chi connectivity index (χ0) is 19.5. The summed E-state index contributed by atoms with van der Waals surface area (Å²) in [6.45, 7) is 8.33. The maximum atomic E-state index is 12.8. The molecule has 1 saturated heterocycles. The van der Waals surface area contributed by atoms with E-state index in [4.69, 9.17) is 0 Å². The number of piperazine rings is 1. The van der Waals surface area contributed by atoms with Crippen LogP contribution in [0.1, 0.15) is 35.7 Å². The van der Waals surface area contributed by atoms with Crippen LogP contribution in [0.25, 0.3) is 11.3 Å². The van der Waals surface area contributed by atoms with Gasteiger partial charge in [0.05, 0.1) is 12.4 Å². The molecule has 1 aliphatic rings. The fourth-order valence-corrected chi connectivity index (χ4v) is 4.14. The average Bonchev–Trinajstić information content (AvgIpc) is 3.40. The van der Waals surface area contributed by atoms with Crippen LogP contribution in [0.15, 0.2) is 53.4 Å². The Morgan fingerprint density at radius 3 is 2.46 bits per heavy atom. The first-order valence-electron chi connectivity index (χ1n) is 9.78. The highest BCUT2D eigenvalue weighted by Crippen LogP contribution is 2.20. The second-order valence-electron chi connectivity index (χ2n) is 7.58. The van der Waals surface area contributed by atoms with Gasteiger partial charge in [0.25, 0.3) is 5.91 Å². The first kappa shape index (κ1) is 18.9. The van der Waals surface area contributed by atoms with Gasteiger partial charge in [0.2, 0.25) is 0 Å². The van der Waals surface area contributed by atoms with E-state index in [1.165, 1.54) is 11.1 Å². The van der Waals surface area contributed by atoms with E-state index in [1.807, 2.05) is 27.9 Å². The van der Waals surface area contributed by atoms with Crippen LogP contribution < -0.4 is 0 Å². The molecule has 0 spiro atoms. The maximum absolute atomic E-state index is 12.8. The fourth-order valence-electron chi connectivity index (χ4n) is 3.50. The van der Waals surface area contributed by atoms with E-state index in [-0.39, 0.29) is 5.91 Å². The van der Waals surface area contributed by atoms with Crippen molar-refractivity contribution >= 4 is 17.2 Å². The Morgan fingerprint density at radius 2 is 1.82 bits per heavy atom. The molecule has 146 valence electrons. The standard InChI is InChI=1S/C22H26N4OS/c1-17(2)18-3-5-19(6-4-18)22(27)25-12-10-24(11-13-25)16-26-9-7-21(23-26)20-8-14-28-15-20/h3-9,14-15,17H,10-13,16H2,1-2H3. The lowest BCUT2D eigenvalue weighted by Crippen LogP contribution is -2.49. The molecule has 0 N–H and O–H groups in total. The molecule has 0 unspecified atom stereocenters. The summed E-state index contributed by atoms with van der Waals surface area (Å²) in [4.78, 5) is 17.1. The van der Waals surface area contributed by atoms with Crippen molar-refractivity contribution in [3.05, 3.63) is 64.5 Å². The Morgan fingerprint density at radius 1 is 1.07 bits per heavy atom. The van der Waals surface area contributed by atoms with Crippen LogP contribution in [0.3, 0.4) is 0 Å². The van der Waals surface area contributed by atoms with Crippen molar-refractivity contribution in [3.8, 4) is 11.3 Å². The third-order valence-corrected chi connectivity index (χ3v) is 5.97. The molecule has 4 rings (SSSR count). The van der Waals surface area contributed by atoms with Crippen molar-refractivity contribution < 1.29 is 4.79 Å². The number of nitrogens with zero attached hydrogens (tertiary/aromatic N) is 4. The van der Waals surface area contributed by atoms with Crippen LogP contribution in [-0.2, 0) is 6.67 Å². The third kappa shape index (κ3) is 4.18. The molecule has 1 fully saturated rings. The SMILES string of the molecule is CC(C)c1ccc(C(=O)N2CCN(Cn3ccc(-c4ccsc4)n3)CC2)cc1. The molecule has 3 heterocycles. The molecule has 1 amide bonds. The third-order valence-electron chi connectivity index (χ3n) is 5.29. The molecule has 5 nitrogen and oxygen atoms in total. The van der Waals surface area contributed by atoms with E-state index in [9.17, 15) is 4.79 Å². The first-order chi connectivity index (χ1) is 13.6. The van der Waals surface area contributed by atoms with Crippen LogP contribution in [0, 0.1) is 0 Å². The summed E-state index contributed by atoms with van der Waals surface area (Å²) < 4.78 is 1.98. The summed E-state index contributed by atoms with van der Waals surface area (Å²) in [5, 5.41) is 8.86. The van der Waals surface area contributed by atoms with Gasteiger partial charge in [-0.3, -0.25) is 14.4 Å². The molecule has 0 atom stereocenters. The van der Waals surface area contributed by atoms with Gasteiger partial charge >= 0.3 is 0 Å². The van der Waals surface area contributed by atoms with Crippen LogP contribution in [-0.4, -0.2) is 51.7 Å². The quantitative estimate of drug-likeness (QED) is 0.653. The van der Waals surface area contributed by atoms with Crippen molar-refractivity contribution in [2.45, 2.75) is 26.4 Å². The van der Waals surface area contributed by atoms with Crippen LogP contribution in [0.4, 0.5) is 0 Å². The molecular formula is C22H26N4OS. The Labute approximate surface area is 170 Å². The van der Waals surface area contributed by atoms with E-state index >= 15 is 0 Å². The highest BCUT2D eigenvalue weighted by atomic mass is 32.1. The van der Waals surface area contributed by atoms with Gasteiger partial charge in [0, 0.05) is 48.9 Å². The zero-order valence-corrected chi connectivity index (χ0v) is 17.2. The molecular weight excluding hydrogens is 368 g/mol. The average molecular weight is 395 g/mol. The molecule has 1 aliphatic heterocycles. The normalized spacial score (nSPS) is 15.3. The summed E-state index contributed by atoms with van der Waals surface area (Å²) in [7, 11) is 0. The van der Waals surface area contributed by atoms with E-state index in [2.05, 4.69) is 58.9 Å². The zero-order valence-electron chi connectivity index (χ0n) is 16.4. The minimum Gasteiger partial charge on any atom is -0.336 e. The van der Waals surface area contributed by atoms with Crippen molar-refractivity contribution in [1.82, 2.24) is 19.6 Å². The Hall–Kier alpha value is -2.44. The fraction of sp³-hybridized carbons (Fsp3) is 0.364. The Bertz CT molecular complexity index is 906. The van der Waals surface area contributed by atoms with Gasteiger partial charge in [-0.05, 0) is 41.1 Å². The molecule has 1 aromatic carbocycles. The smallest absolute Gasteiger partial charge is 0.253 e. The number of hydrogen-bond acceptors (Lipinski definition) is 4. The molecule has 6 heteroatoms. The summed E-state index contributed by atoms with van der Waals surface area (Å²) in [6.07, 6.45) is 2.03. The van der Waals surface area contributed by atoms with Gasteiger partial charge in [-0.15, -0.1) is 0 Å². The lowest BCUT2D eigenvalue weighted by molar-refractivity contribution is 0.0587. The summed E-state index contributed by atoms with van der Waals surface area (Å²) in [5.74, 6) is 0.615. The number of rotatable bonds is 5. The second kappa shape index (κ2) is 8.29. The summed E-state index contributed by atoms with van der Waals surface area (Å²) in [6, 6.07) is 12.2. The lowest BCUT2D eigenvalue weighted by atomic mass is 10.0. The van der Waals surface area contributed by atoms with Gasteiger partial charge in [-0.2, -0.15) is 16.4 Å². The van der Waals surface area contributed by atoms with Crippen molar-refractivity contribution in [1.29, 1.82) is 0 Å². The Kier molecular flexibility index (Phi) is 5.59. The highest BCUT2D eigenvalue weighted by Gasteiger charge is 2.22. The van der Waals surface area contributed by atoms with Crippen LogP contribution >= 0.6 is 11.3 Å². The molecule has 3 aromatic rings. The maximum Gasteiger partial charge on any atom is 0.253 e. The largest absolute Gasteiger partial charge is 0.336 e. The predicted molar refractivity (Wildman–Crippen MR) is 114 cm³/mol. The minimum atomic E-state index is 0.133. The number of carbonyl (C=O) groups is 1. The van der Waals surface area contributed by atoms with Gasteiger partial charge < -0.3 is 4.90 Å². The van der Waals surface area contributed by atoms with Crippen molar-refractivity contribution in [2.75, 3.05) is 26.2 Å². The van der Waals surface area contributed by atoms with E-state index < -0.39 is 0 Å². The molecule has 0 aliphatic carbocycles. The van der Waals surface area contributed by atoms with Gasteiger partial charge in [0.15, 0.2) is 0 Å². The molecule has 0 radical (unpaired) electrons. The first-order valence-corrected chi connectivity index (χ1v) is 10.7. The van der Waals surface area contributed by atoms with E-state index in [0.717, 1.165) is 44.1 Å². The monoisotopic (exact) mass is 394 g/mol. The highest BCUT2D eigenvalue weighted by molar-refractivity contribution is 7.08. The van der Waals surface area contributed by atoms with E-state index in [0.29, 0.717) is 5.92 Å². The van der Waals surface area contributed by atoms with E-state index in [1.54, 1.807) is 11.3 Å². The van der Waals surface area contributed by atoms with Gasteiger partial charge in [-0.1, -0.05) is 26.0 Å². The van der Waals surface area contributed by atoms with Gasteiger partial charge in [-0.25, -0.2) is 0 Å². The molecule has 2 aromatic heterocycles. The predicted octanol–water partition coefficient (Wildman–Crippen LogP) is 4.15. The summed E-state index contributed by atoms with van der Waals surface area (Å²) in [5.41, 5.74) is 4.23. The Balaban J connectivity index is 1.31. The van der Waals surface area contributed by atoms with Crippen molar-refractivity contribution in [3.63, 3.8) is 0 Å². The number of carbonyl (C=O) groups excluding carboxylic acids is 1. The number of hydrogen-bond donors (Lipinski definition) is 0. The molecule has 0 saturated carbocycles. The number of aromatic nitrogens is 2. The number of thiophene rings is 1. The van der Waals surface area contributed by atoms with Gasteiger partial charge in [0.1, 0.15) is 0 Å². The summed E-state index contributed by atoms with van der Waals surface area (Å²) >= 11 is 1.69. The lowest BCUT2D eigenvalue weighted by Gasteiger charge is -2.34. The molecule has 28 heavy (non-hydrogen) atoms. The van der Waals surface area contributed by atoms with Crippen molar-refractivity contribution in [2.24, 2.45) is 0 Å². The topological polar surface area (TPSA) is 41.4 Å². The minimum absolute atomic E-state index is 0.133. The van der Waals surface area contributed by atoms with Crippen LogP contribution in [0.5, 0.6) is 0 Å². The second-order valence-corrected chi connectivity index (χ2v) is 8.36. The van der Waals surface area contributed by atoms with Crippen LogP contribution in [0.2, 0.25) is 0 Å². The number of benzene rings is 1. The molecule has 0 bridgehead atoms. The number of amides is 1.